The Labute approximate surface area is 149 Å². The van der Waals surface area contributed by atoms with Gasteiger partial charge in [-0.3, -0.25) is 9.78 Å². The van der Waals surface area contributed by atoms with E-state index < -0.39 is 6.10 Å². The molecule has 0 aliphatic carbocycles. The number of nitrogens with zero attached hydrogens (tertiary/aromatic N) is 3. The molecule has 1 aromatic carbocycles. The zero-order valence-electron chi connectivity index (χ0n) is 14.2. The Hall–Kier alpha value is -2.38. The molecule has 25 heavy (non-hydrogen) atoms. The SMILES string of the molecule is CC(C)(C)n1ncc2c(=O)[nH]c(NCC(O)c3ccccc3Cl)nc21. The molecule has 8 heteroatoms. The average molecular weight is 362 g/mol. The minimum atomic E-state index is -0.831. The molecule has 132 valence electrons. The first-order valence-corrected chi connectivity index (χ1v) is 8.30. The molecule has 3 N–H and O–H groups in total. The fourth-order valence-electron chi connectivity index (χ4n) is 2.54. The van der Waals surface area contributed by atoms with Gasteiger partial charge in [0.25, 0.3) is 5.56 Å². The molecule has 1 atom stereocenters. The number of benzene rings is 1. The molecule has 0 aliphatic rings. The Morgan fingerprint density at radius 1 is 1.36 bits per heavy atom. The lowest BCUT2D eigenvalue weighted by Crippen LogP contribution is -2.24. The number of aliphatic hydroxyl groups is 1. The zero-order chi connectivity index (χ0) is 18.2. The van der Waals surface area contributed by atoms with E-state index in [2.05, 4.69) is 20.4 Å². The zero-order valence-corrected chi connectivity index (χ0v) is 15.0. The summed E-state index contributed by atoms with van der Waals surface area (Å²) in [6.07, 6.45) is 0.677. The Kier molecular flexibility index (Phi) is 4.53. The van der Waals surface area contributed by atoms with Crippen LogP contribution in [0, 0.1) is 0 Å². The van der Waals surface area contributed by atoms with Crippen LogP contribution in [0.5, 0.6) is 0 Å². The van der Waals surface area contributed by atoms with Gasteiger partial charge < -0.3 is 10.4 Å². The van der Waals surface area contributed by atoms with Gasteiger partial charge in [0.05, 0.1) is 17.8 Å². The minimum absolute atomic E-state index is 0.155. The van der Waals surface area contributed by atoms with Crippen molar-refractivity contribution in [2.75, 3.05) is 11.9 Å². The van der Waals surface area contributed by atoms with Gasteiger partial charge in [-0.25, -0.2) is 4.68 Å². The molecule has 0 amide bonds. The van der Waals surface area contributed by atoms with Gasteiger partial charge in [0.2, 0.25) is 5.95 Å². The molecule has 0 spiro atoms. The normalized spacial score (nSPS) is 13.2. The largest absolute Gasteiger partial charge is 0.387 e. The van der Waals surface area contributed by atoms with Crippen LogP contribution in [0.3, 0.4) is 0 Å². The van der Waals surface area contributed by atoms with E-state index in [-0.39, 0.29) is 23.6 Å². The van der Waals surface area contributed by atoms with Crippen LogP contribution in [0.15, 0.2) is 35.3 Å². The molecule has 2 heterocycles. The summed E-state index contributed by atoms with van der Waals surface area (Å²) in [4.78, 5) is 19.3. The number of H-pyrrole nitrogens is 1. The fraction of sp³-hybridized carbons (Fsp3) is 0.353. The van der Waals surface area contributed by atoms with E-state index in [0.717, 1.165) is 0 Å². The van der Waals surface area contributed by atoms with Crippen LogP contribution in [-0.4, -0.2) is 31.4 Å². The second kappa shape index (κ2) is 6.50. The van der Waals surface area contributed by atoms with E-state index in [1.165, 1.54) is 6.20 Å². The predicted molar refractivity (Wildman–Crippen MR) is 98.0 cm³/mol. The van der Waals surface area contributed by atoms with Crippen LogP contribution in [0.4, 0.5) is 5.95 Å². The molecule has 0 saturated heterocycles. The van der Waals surface area contributed by atoms with E-state index in [0.29, 0.717) is 21.6 Å². The van der Waals surface area contributed by atoms with E-state index in [4.69, 9.17) is 11.6 Å². The quantitative estimate of drug-likeness (QED) is 0.664. The number of halogens is 1. The van der Waals surface area contributed by atoms with Crippen molar-refractivity contribution in [3.63, 3.8) is 0 Å². The molecule has 7 nitrogen and oxygen atoms in total. The summed E-state index contributed by atoms with van der Waals surface area (Å²) >= 11 is 6.09. The molecule has 3 aromatic rings. The van der Waals surface area contributed by atoms with Crippen molar-refractivity contribution in [1.29, 1.82) is 0 Å². The van der Waals surface area contributed by atoms with E-state index in [9.17, 15) is 9.90 Å². The lowest BCUT2D eigenvalue weighted by molar-refractivity contribution is 0.191. The Morgan fingerprint density at radius 3 is 2.76 bits per heavy atom. The van der Waals surface area contributed by atoms with Gasteiger partial charge in [0.1, 0.15) is 5.39 Å². The van der Waals surface area contributed by atoms with Crippen LogP contribution in [0.2, 0.25) is 5.02 Å². The standard InChI is InChI=1S/C17H20ClN5O2/c1-17(2,3)23-14-11(8-20-23)15(25)22-16(21-14)19-9-13(24)10-6-4-5-7-12(10)18/h4-8,13,24H,9H2,1-3H3,(H2,19,21,22,25). The van der Waals surface area contributed by atoms with Gasteiger partial charge >= 0.3 is 0 Å². The van der Waals surface area contributed by atoms with Crippen LogP contribution >= 0.6 is 11.6 Å². The van der Waals surface area contributed by atoms with Crippen LogP contribution < -0.4 is 10.9 Å². The second-order valence-electron chi connectivity index (χ2n) is 6.80. The van der Waals surface area contributed by atoms with Crippen molar-refractivity contribution >= 4 is 28.6 Å². The molecule has 2 aromatic heterocycles. The number of rotatable bonds is 4. The molecule has 1 unspecified atom stereocenters. The van der Waals surface area contributed by atoms with Crippen molar-refractivity contribution in [3.05, 3.63) is 51.4 Å². The van der Waals surface area contributed by atoms with Crippen molar-refractivity contribution < 1.29 is 5.11 Å². The maximum atomic E-state index is 12.2. The molecule has 0 radical (unpaired) electrons. The highest BCUT2D eigenvalue weighted by Crippen LogP contribution is 2.23. The highest BCUT2D eigenvalue weighted by Gasteiger charge is 2.20. The van der Waals surface area contributed by atoms with Crippen LogP contribution in [0.1, 0.15) is 32.4 Å². The van der Waals surface area contributed by atoms with Gasteiger partial charge in [-0.15, -0.1) is 0 Å². The van der Waals surface area contributed by atoms with E-state index >= 15 is 0 Å². The van der Waals surface area contributed by atoms with Gasteiger partial charge in [-0.1, -0.05) is 29.8 Å². The maximum absolute atomic E-state index is 12.2. The second-order valence-corrected chi connectivity index (χ2v) is 7.20. The minimum Gasteiger partial charge on any atom is -0.387 e. The fourth-order valence-corrected chi connectivity index (χ4v) is 2.80. The number of nitrogens with one attached hydrogen (secondary N) is 2. The first kappa shape index (κ1) is 17.4. The van der Waals surface area contributed by atoms with E-state index in [1.807, 2.05) is 20.8 Å². The van der Waals surface area contributed by atoms with Crippen LogP contribution in [-0.2, 0) is 5.54 Å². The third-order valence-electron chi connectivity index (χ3n) is 3.80. The Morgan fingerprint density at radius 2 is 2.08 bits per heavy atom. The highest BCUT2D eigenvalue weighted by atomic mass is 35.5. The summed E-state index contributed by atoms with van der Waals surface area (Å²) in [5.74, 6) is 0.273. The van der Waals surface area contributed by atoms with Crippen molar-refractivity contribution in [2.45, 2.75) is 32.4 Å². The summed E-state index contributed by atoms with van der Waals surface area (Å²) < 4.78 is 1.70. The number of aromatic nitrogens is 4. The Balaban J connectivity index is 1.87. The number of fused-ring (bicyclic) bond motifs is 1. The number of hydrogen-bond donors (Lipinski definition) is 3. The highest BCUT2D eigenvalue weighted by molar-refractivity contribution is 6.31. The molecule has 3 rings (SSSR count). The van der Waals surface area contributed by atoms with Crippen molar-refractivity contribution in [3.8, 4) is 0 Å². The van der Waals surface area contributed by atoms with Crippen LogP contribution in [0.25, 0.3) is 11.0 Å². The summed E-state index contributed by atoms with van der Waals surface area (Å²) in [6, 6.07) is 7.07. The lowest BCUT2D eigenvalue weighted by atomic mass is 10.1. The summed E-state index contributed by atoms with van der Waals surface area (Å²) in [6.45, 7) is 6.10. The lowest BCUT2D eigenvalue weighted by Gasteiger charge is -2.20. The number of aliphatic hydroxyl groups excluding tert-OH is 1. The molecule has 0 bridgehead atoms. The third-order valence-corrected chi connectivity index (χ3v) is 4.14. The summed E-state index contributed by atoms with van der Waals surface area (Å²) in [5.41, 5.74) is 0.512. The first-order valence-electron chi connectivity index (χ1n) is 7.92. The number of aromatic amines is 1. The topological polar surface area (TPSA) is 95.8 Å². The monoisotopic (exact) mass is 361 g/mol. The maximum Gasteiger partial charge on any atom is 0.263 e. The Bertz CT molecular complexity index is 958. The van der Waals surface area contributed by atoms with E-state index in [1.54, 1.807) is 28.9 Å². The third kappa shape index (κ3) is 3.52. The average Bonchev–Trinajstić information content (AvgIpc) is 2.98. The molecular weight excluding hydrogens is 342 g/mol. The summed E-state index contributed by atoms with van der Waals surface area (Å²) in [5, 5.41) is 18.4. The van der Waals surface area contributed by atoms with Gasteiger partial charge in [-0.2, -0.15) is 10.1 Å². The van der Waals surface area contributed by atoms with Gasteiger partial charge in [-0.05, 0) is 26.8 Å². The first-order chi connectivity index (χ1) is 11.8. The van der Waals surface area contributed by atoms with Gasteiger partial charge in [0.15, 0.2) is 5.65 Å². The summed E-state index contributed by atoms with van der Waals surface area (Å²) in [7, 11) is 0. The van der Waals surface area contributed by atoms with Crippen molar-refractivity contribution in [2.24, 2.45) is 0 Å². The number of hydrogen-bond acceptors (Lipinski definition) is 5. The predicted octanol–water partition coefficient (Wildman–Crippen LogP) is 2.67. The van der Waals surface area contributed by atoms with Gasteiger partial charge in [0, 0.05) is 17.1 Å². The smallest absolute Gasteiger partial charge is 0.263 e. The molecule has 0 fully saturated rings. The van der Waals surface area contributed by atoms with Crippen molar-refractivity contribution in [1.82, 2.24) is 19.7 Å². The molecular formula is C17H20ClN5O2. The molecule has 0 saturated carbocycles. The molecule has 0 aliphatic heterocycles. The number of anilines is 1.